The summed E-state index contributed by atoms with van der Waals surface area (Å²) in [5.74, 6) is 0.667. The summed E-state index contributed by atoms with van der Waals surface area (Å²) in [5, 5.41) is 0. The van der Waals surface area contributed by atoms with E-state index in [0.717, 1.165) is 6.42 Å². The van der Waals surface area contributed by atoms with Crippen LogP contribution < -0.4 is 0 Å². The Kier molecular flexibility index (Phi) is 11.2. The van der Waals surface area contributed by atoms with Crippen LogP contribution in [0.3, 0.4) is 0 Å². The molecule has 21 heavy (non-hydrogen) atoms. The van der Waals surface area contributed by atoms with Crippen molar-refractivity contribution in [3.8, 4) is 0 Å². The first-order valence-corrected chi connectivity index (χ1v) is 9.22. The third-order valence-corrected chi connectivity index (χ3v) is 4.53. The van der Waals surface area contributed by atoms with Gasteiger partial charge in [-0.15, -0.1) is 0 Å². The van der Waals surface area contributed by atoms with Crippen LogP contribution in [0.25, 0.3) is 0 Å². The fourth-order valence-electron chi connectivity index (χ4n) is 3.08. The number of benzene rings is 1. The third kappa shape index (κ3) is 8.96. The lowest BCUT2D eigenvalue weighted by Crippen LogP contribution is -1.97. The molecule has 1 radical (unpaired) electrons. The van der Waals surface area contributed by atoms with Crippen molar-refractivity contribution in [3.63, 3.8) is 0 Å². The van der Waals surface area contributed by atoms with Crippen molar-refractivity contribution in [1.82, 2.24) is 0 Å². The molecule has 0 fully saturated rings. The van der Waals surface area contributed by atoms with Crippen molar-refractivity contribution in [2.75, 3.05) is 0 Å². The Hall–Kier alpha value is -0.780. The molecular weight excluding hydrogens is 252 g/mol. The Balaban J connectivity index is 1.98. The molecule has 0 saturated carbocycles. The van der Waals surface area contributed by atoms with Crippen molar-refractivity contribution in [2.45, 2.75) is 89.9 Å². The second kappa shape index (κ2) is 12.9. The van der Waals surface area contributed by atoms with Gasteiger partial charge < -0.3 is 0 Å². The molecule has 0 aliphatic heterocycles. The molecule has 0 nitrogen and oxygen atoms in total. The normalized spacial score (nSPS) is 12.5. The van der Waals surface area contributed by atoms with Gasteiger partial charge in [-0.3, -0.25) is 0 Å². The van der Waals surface area contributed by atoms with Crippen LogP contribution in [-0.2, 0) is 0 Å². The SMILES string of the molecule is [CH2]CC(CCCCCCCCCCCC)c1ccccc1. The van der Waals surface area contributed by atoms with Crippen molar-refractivity contribution in [1.29, 1.82) is 0 Å². The molecule has 0 bridgehead atoms. The first kappa shape index (κ1) is 18.3. The first-order valence-electron chi connectivity index (χ1n) is 9.22. The molecular formula is C21H35. The van der Waals surface area contributed by atoms with E-state index < -0.39 is 0 Å². The third-order valence-electron chi connectivity index (χ3n) is 4.53. The van der Waals surface area contributed by atoms with Crippen LogP contribution in [-0.4, -0.2) is 0 Å². The average Bonchev–Trinajstić information content (AvgIpc) is 2.54. The summed E-state index contributed by atoms with van der Waals surface area (Å²) < 4.78 is 0. The fourth-order valence-corrected chi connectivity index (χ4v) is 3.08. The molecule has 0 aliphatic carbocycles. The van der Waals surface area contributed by atoms with Gasteiger partial charge >= 0.3 is 0 Å². The lowest BCUT2D eigenvalue weighted by atomic mass is 9.91. The molecule has 1 aromatic carbocycles. The van der Waals surface area contributed by atoms with Gasteiger partial charge in [0.15, 0.2) is 0 Å². The highest BCUT2D eigenvalue weighted by atomic mass is 14.1. The van der Waals surface area contributed by atoms with Crippen LogP contribution in [0.5, 0.6) is 0 Å². The van der Waals surface area contributed by atoms with Gasteiger partial charge in [0, 0.05) is 0 Å². The molecule has 0 heterocycles. The molecule has 1 aromatic rings. The molecule has 0 aromatic heterocycles. The van der Waals surface area contributed by atoms with E-state index in [0.29, 0.717) is 5.92 Å². The molecule has 0 heteroatoms. The minimum Gasteiger partial charge on any atom is -0.0654 e. The number of unbranched alkanes of at least 4 members (excludes halogenated alkanes) is 9. The highest BCUT2D eigenvalue weighted by molar-refractivity contribution is 5.19. The van der Waals surface area contributed by atoms with E-state index in [1.165, 1.54) is 76.2 Å². The minimum atomic E-state index is 0.667. The maximum absolute atomic E-state index is 4.13. The molecule has 0 aliphatic rings. The van der Waals surface area contributed by atoms with Gasteiger partial charge in [-0.2, -0.15) is 0 Å². The van der Waals surface area contributed by atoms with Gasteiger partial charge in [0.2, 0.25) is 0 Å². The standard InChI is InChI=1S/C21H35/c1-3-5-6-7-8-9-10-11-12-14-17-20(4-2)21-18-15-13-16-19-21/h13,15-16,18-20H,2-12,14,17H2,1H3. The maximum Gasteiger partial charge on any atom is -0.0162 e. The molecule has 0 saturated heterocycles. The van der Waals surface area contributed by atoms with Crippen LogP contribution in [0, 0.1) is 6.92 Å². The van der Waals surface area contributed by atoms with Crippen LogP contribution >= 0.6 is 0 Å². The predicted molar refractivity (Wildman–Crippen MR) is 95.6 cm³/mol. The summed E-state index contributed by atoms with van der Waals surface area (Å²) in [4.78, 5) is 0. The molecule has 0 spiro atoms. The first-order chi connectivity index (χ1) is 10.4. The summed E-state index contributed by atoms with van der Waals surface area (Å²) in [7, 11) is 0. The zero-order chi connectivity index (χ0) is 15.2. The lowest BCUT2D eigenvalue weighted by molar-refractivity contribution is 0.524. The zero-order valence-corrected chi connectivity index (χ0v) is 14.2. The van der Waals surface area contributed by atoms with Crippen molar-refractivity contribution in [3.05, 3.63) is 42.8 Å². The lowest BCUT2D eigenvalue weighted by Gasteiger charge is -2.15. The Morgan fingerprint density at radius 3 is 1.81 bits per heavy atom. The van der Waals surface area contributed by atoms with Crippen molar-refractivity contribution < 1.29 is 0 Å². The molecule has 1 rings (SSSR count). The second-order valence-electron chi connectivity index (χ2n) is 6.37. The van der Waals surface area contributed by atoms with Gasteiger partial charge in [-0.05, 0) is 24.3 Å². The Bertz CT molecular complexity index is 314. The van der Waals surface area contributed by atoms with Gasteiger partial charge in [-0.25, -0.2) is 0 Å². The summed E-state index contributed by atoms with van der Waals surface area (Å²) >= 11 is 0. The Morgan fingerprint density at radius 2 is 1.29 bits per heavy atom. The van der Waals surface area contributed by atoms with Gasteiger partial charge in [-0.1, -0.05) is 108 Å². The number of rotatable bonds is 13. The highest BCUT2D eigenvalue weighted by Gasteiger charge is 2.07. The van der Waals surface area contributed by atoms with E-state index in [1.54, 1.807) is 0 Å². The number of hydrogen-bond acceptors (Lipinski definition) is 0. The second-order valence-corrected chi connectivity index (χ2v) is 6.37. The molecule has 119 valence electrons. The molecule has 1 unspecified atom stereocenters. The van der Waals surface area contributed by atoms with E-state index in [9.17, 15) is 0 Å². The fraction of sp³-hybridized carbons (Fsp3) is 0.667. The molecule has 0 amide bonds. The largest absolute Gasteiger partial charge is 0.0654 e. The zero-order valence-electron chi connectivity index (χ0n) is 14.2. The quantitative estimate of drug-likeness (QED) is 0.334. The summed E-state index contributed by atoms with van der Waals surface area (Å²) in [6.07, 6.45) is 16.5. The van der Waals surface area contributed by atoms with Crippen LogP contribution in [0.2, 0.25) is 0 Å². The van der Waals surface area contributed by atoms with Crippen molar-refractivity contribution in [2.24, 2.45) is 0 Å². The Labute approximate surface area is 133 Å². The van der Waals surface area contributed by atoms with Gasteiger partial charge in [0.1, 0.15) is 0 Å². The molecule has 0 N–H and O–H groups in total. The van der Waals surface area contributed by atoms with E-state index in [1.807, 2.05) is 0 Å². The smallest absolute Gasteiger partial charge is 0.0162 e. The van der Waals surface area contributed by atoms with Crippen LogP contribution in [0.15, 0.2) is 30.3 Å². The van der Waals surface area contributed by atoms with E-state index in [-0.39, 0.29) is 0 Å². The summed E-state index contributed by atoms with van der Waals surface area (Å²) in [6, 6.07) is 10.9. The summed E-state index contributed by atoms with van der Waals surface area (Å²) in [6.45, 7) is 6.41. The topological polar surface area (TPSA) is 0 Å². The van der Waals surface area contributed by atoms with E-state index in [2.05, 4.69) is 44.2 Å². The van der Waals surface area contributed by atoms with Crippen molar-refractivity contribution >= 4 is 0 Å². The van der Waals surface area contributed by atoms with Gasteiger partial charge in [0.25, 0.3) is 0 Å². The van der Waals surface area contributed by atoms with Gasteiger partial charge in [0.05, 0.1) is 0 Å². The minimum absolute atomic E-state index is 0.667. The number of hydrogen-bond donors (Lipinski definition) is 0. The maximum atomic E-state index is 4.13. The molecule has 1 atom stereocenters. The van der Waals surface area contributed by atoms with Crippen LogP contribution in [0.4, 0.5) is 0 Å². The highest BCUT2D eigenvalue weighted by Crippen LogP contribution is 2.25. The average molecular weight is 288 g/mol. The Morgan fingerprint density at radius 1 is 0.762 bits per heavy atom. The van der Waals surface area contributed by atoms with E-state index >= 15 is 0 Å². The van der Waals surface area contributed by atoms with Crippen LogP contribution in [0.1, 0.15) is 95.5 Å². The monoisotopic (exact) mass is 287 g/mol. The van der Waals surface area contributed by atoms with E-state index in [4.69, 9.17) is 0 Å². The summed E-state index contributed by atoms with van der Waals surface area (Å²) in [5.41, 5.74) is 1.48. The predicted octanol–water partition coefficient (Wildman–Crippen LogP) is 7.31.